The van der Waals surface area contributed by atoms with Gasteiger partial charge in [-0.3, -0.25) is 4.79 Å². The van der Waals surface area contributed by atoms with Crippen molar-refractivity contribution in [1.29, 1.82) is 0 Å². The molecular formula is C18H18ClNO4. The molecule has 0 aliphatic heterocycles. The number of ketones is 1. The zero-order valence-electron chi connectivity index (χ0n) is 13.8. The van der Waals surface area contributed by atoms with Crippen LogP contribution in [0.2, 0.25) is 5.02 Å². The smallest absolute Gasteiger partial charge is 0.340 e. The molecule has 0 N–H and O–H groups in total. The molecule has 5 nitrogen and oxygen atoms in total. The first-order valence-corrected chi connectivity index (χ1v) is 8.27. The van der Waals surface area contributed by atoms with Crippen molar-refractivity contribution in [2.75, 3.05) is 0 Å². The molecule has 24 heavy (non-hydrogen) atoms. The lowest BCUT2D eigenvalue weighted by atomic mass is 9.98. The molecule has 1 aliphatic rings. The van der Waals surface area contributed by atoms with Crippen LogP contribution in [-0.4, -0.2) is 23.0 Å². The van der Waals surface area contributed by atoms with Crippen LogP contribution in [0.15, 0.2) is 22.9 Å². The summed E-state index contributed by atoms with van der Waals surface area (Å²) in [5.41, 5.74) is 1.55. The maximum atomic E-state index is 12.9. The Morgan fingerprint density at radius 3 is 2.62 bits per heavy atom. The van der Waals surface area contributed by atoms with Gasteiger partial charge < -0.3 is 9.26 Å². The average Bonchev–Trinajstić information content (AvgIpc) is 3.23. The molecule has 6 heteroatoms. The Bertz CT molecular complexity index is 805. The number of benzene rings is 1. The van der Waals surface area contributed by atoms with Crippen molar-refractivity contribution in [3.05, 3.63) is 51.4 Å². The van der Waals surface area contributed by atoms with Crippen molar-refractivity contribution in [2.24, 2.45) is 0 Å². The number of aromatic nitrogens is 1. The summed E-state index contributed by atoms with van der Waals surface area (Å²) in [7, 11) is 0. The maximum Gasteiger partial charge on any atom is 0.340 e. The Morgan fingerprint density at radius 2 is 2.00 bits per heavy atom. The van der Waals surface area contributed by atoms with Crippen LogP contribution in [0.4, 0.5) is 0 Å². The highest BCUT2D eigenvalue weighted by molar-refractivity contribution is 6.38. The van der Waals surface area contributed by atoms with Crippen molar-refractivity contribution in [1.82, 2.24) is 5.16 Å². The number of carbonyl (C=O) groups excluding carboxylic acids is 2. The number of aryl methyl sites for hydroxylation is 1. The Morgan fingerprint density at radius 1 is 1.29 bits per heavy atom. The third-order valence-electron chi connectivity index (χ3n) is 3.93. The first-order valence-electron chi connectivity index (χ1n) is 7.89. The van der Waals surface area contributed by atoms with Crippen LogP contribution in [0.1, 0.15) is 70.2 Å². The average molecular weight is 348 g/mol. The van der Waals surface area contributed by atoms with Crippen LogP contribution >= 0.6 is 11.6 Å². The fourth-order valence-electron chi connectivity index (χ4n) is 2.58. The molecule has 0 saturated heterocycles. The molecule has 1 aromatic heterocycles. The second kappa shape index (κ2) is 6.40. The van der Waals surface area contributed by atoms with Gasteiger partial charge in [0.15, 0.2) is 11.5 Å². The molecule has 0 bridgehead atoms. The van der Waals surface area contributed by atoms with Crippen LogP contribution in [-0.2, 0) is 4.74 Å². The Labute approximate surface area is 144 Å². The number of halogens is 1. The number of carbonyl (C=O) groups is 2. The molecule has 0 radical (unpaired) electrons. The number of rotatable bonds is 5. The molecule has 1 aromatic carbocycles. The van der Waals surface area contributed by atoms with Crippen molar-refractivity contribution in [2.45, 2.75) is 45.6 Å². The zero-order valence-corrected chi connectivity index (χ0v) is 14.5. The fourth-order valence-corrected chi connectivity index (χ4v) is 2.95. The van der Waals surface area contributed by atoms with Gasteiger partial charge in [0.2, 0.25) is 0 Å². The van der Waals surface area contributed by atoms with Crippen LogP contribution < -0.4 is 0 Å². The number of hydrogen-bond acceptors (Lipinski definition) is 5. The molecule has 2 aromatic rings. The topological polar surface area (TPSA) is 69.4 Å². The van der Waals surface area contributed by atoms with Crippen molar-refractivity contribution < 1.29 is 18.8 Å². The maximum absolute atomic E-state index is 12.9. The first kappa shape index (κ1) is 16.7. The molecule has 0 spiro atoms. The van der Waals surface area contributed by atoms with E-state index in [1.54, 1.807) is 32.9 Å². The quantitative estimate of drug-likeness (QED) is 0.595. The van der Waals surface area contributed by atoms with Gasteiger partial charge in [0.1, 0.15) is 0 Å². The van der Waals surface area contributed by atoms with E-state index in [1.807, 2.05) is 0 Å². The number of nitrogens with zero attached hydrogens (tertiary/aromatic N) is 1. The monoisotopic (exact) mass is 347 g/mol. The number of esters is 1. The summed E-state index contributed by atoms with van der Waals surface area (Å²) < 4.78 is 10.4. The van der Waals surface area contributed by atoms with E-state index >= 15 is 0 Å². The molecule has 1 aliphatic carbocycles. The second-order valence-electron chi connectivity index (χ2n) is 6.28. The molecule has 126 valence electrons. The van der Waals surface area contributed by atoms with E-state index < -0.39 is 5.97 Å². The van der Waals surface area contributed by atoms with Gasteiger partial charge >= 0.3 is 5.97 Å². The van der Waals surface area contributed by atoms with Gasteiger partial charge in [0, 0.05) is 11.5 Å². The highest BCUT2D eigenvalue weighted by Gasteiger charge is 2.33. The minimum Gasteiger partial charge on any atom is -0.459 e. The second-order valence-corrected chi connectivity index (χ2v) is 6.66. The van der Waals surface area contributed by atoms with Crippen LogP contribution in [0.5, 0.6) is 0 Å². The summed E-state index contributed by atoms with van der Waals surface area (Å²) in [6.45, 7) is 5.27. The molecular weight excluding hydrogens is 330 g/mol. The van der Waals surface area contributed by atoms with Crippen LogP contribution in [0.3, 0.4) is 0 Å². The molecule has 3 rings (SSSR count). The standard InChI is InChI=1S/C18H18ClNO4/c1-9(2)23-18(22)14-10(3)4-7-12(15(14)19)16(21)13-8-20-24-17(13)11-5-6-11/h4,7-9,11H,5-6H2,1-3H3. The van der Waals surface area contributed by atoms with Crippen molar-refractivity contribution in [3.63, 3.8) is 0 Å². The van der Waals surface area contributed by atoms with Gasteiger partial charge in [0.05, 0.1) is 28.5 Å². The predicted octanol–water partition coefficient (Wildman–Crippen LogP) is 4.31. The fraction of sp³-hybridized carbons (Fsp3) is 0.389. The SMILES string of the molecule is Cc1ccc(C(=O)c2cnoc2C2CC2)c(Cl)c1C(=O)OC(C)C. The molecule has 1 saturated carbocycles. The predicted molar refractivity (Wildman–Crippen MR) is 88.7 cm³/mol. The lowest BCUT2D eigenvalue weighted by Gasteiger charge is -2.13. The van der Waals surface area contributed by atoms with Gasteiger partial charge in [-0.2, -0.15) is 0 Å². The summed E-state index contributed by atoms with van der Waals surface area (Å²) in [5.74, 6) is 0.0284. The first-order chi connectivity index (χ1) is 11.4. The van der Waals surface area contributed by atoms with E-state index in [1.165, 1.54) is 6.20 Å². The molecule has 0 unspecified atom stereocenters. The Kier molecular flexibility index (Phi) is 4.45. The van der Waals surface area contributed by atoms with Gasteiger partial charge in [-0.05, 0) is 45.2 Å². The van der Waals surface area contributed by atoms with E-state index in [2.05, 4.69) is 5.16 Å². The van der Waals surface area contributed by atoms with E-state index in [4.69, 9.17) is 20.9 Å². The molecule has 1 fully saturated rings. The van der Waals surface area contributed by atoms with E-state index in [-0.39, 0.29) is 34.0 Å². The summed E-state index contributed by atoms with van der Waals surface area (Å²) in [5, 5.41) is 3.85. The van der Waals surface area contributed by atoms with Gasteiger partial charge in [-0.1, -0.05) is 22.8 Å². The Hall–Kier alpha value is -2.14. The zero-order chi connectivity index (χ0) is 17.4. The Balaban J connectivity index is 2.00. The molecule has 0 atom stereocenters. The largest absolute Gasteiger partial charge is 0.459 e. The van der Waals surface area contributed by atoms with Crippen molar-refractivity contribution >= 4 is 23.4 Å². The third-order valence-corrected chi connectivity index (χ3v) is 4.33. The summed E-state index contributed by atoms with van der Waals surface area (Å²) in [4.78, 5) is 25.1. The van der Waals surface area contributed by atoms with E-state index in [0.717, 1.165) is 12.8 Å². The summed E-state index contributed by atoms with van der Waals surface area (Å²) in [6.07, 6.45) is 3.12. The minimum atomic E-state index is -0.533. The molecule has 1 heterocycles. The van der Waals surface area contributed by atoms with Crippen LogP contribution in [0, 0.1) is 6.92 Å². The highest BCUT2D eigenvalue weighted by atomic mass is 35.5. The summed E-state index contributed by atoms with van der Waals surface area (Å²) >= 11 is 6.38. The summed E-state index contributed by atoms with van der Waals surface area (Å²) in [6, 6.07) is 3.32. The third kappa shape index (κ3) is 3.08. The lowest BCUT2D eigenvalue weighted by Crippen LogP contribution is -2.15. The van der Waals surface area contributed by atoms with Gasteiger partial charge in [-0.15, -0.1) is 0 Å². The normalized spacial score (nSPS) is 14.0. The van der Waals surface area contributed by atoms with Crippen LogP contribution in [0.25, 0.3) is 0 Å². The van der Waals surface area contributed by atoms with E-state index in [0.29, 0.717) is 16.9 Å². The number of ether oxygens (including phenoxy) is 1. The minimum absolute atomic E-state index is 0.105. The van der Waals surface area contributed by atoms with Crippen molar-refractivity contribution in [3.8, 4) is 0 Å². The van der Waals surface area contributed by atoms with Gasteiger partial charge in [0.25, 0.3) is 0 Å². The highest BCUT2D eigenvalue weighted by Crippen LogP contribution is 2.42. The van der Waals surface area contributed by atoms with E-state index in [9.17, 15) is 9.59 Å². The number of hydrogen-bond donors (Lipinski definition) is 0. The lowest BCUT2D eigenvalue weighted by molar-refractivity contribution is 0.0377. The molecule has 0 amide bonds. The van der Waals surface area contributed by atoms with Gasteiger partial charge in [-0.25, -0.2) is 4.79 Å².